The standard InChI is InChI=1S/C9H19NO2S/c1-8(2)5-10-6-9-3-4-13(11,12)7-9/h8-10H,3-7H2,1-2H3. The second-order valence-corrected chi connectivity index (χ2v) is 6.55. The smallest absolute Gasteiger partial charge is 0.150 e. The van der Waals surface area contributed by atoms with Crippen LogP contribution in [0.15, 0.2) is 0 Å². The van der Waals surface area contributed by atoms with Gasteiger partial charge in [0.15, 0.2) is 9.84 Å². The largest absolute Gasteiger partial charge is 0.316 e. The molecule has 1 N–H and O–H groups in total. The highest BCUT2D eigenvalue weighted by molar-refractivity contribution is 7.91. The van der Waals surface area contributed by atoms with E-state index in [-0.39, 0.29) is 0 Å². The Hall–Kier alpha value is -0.0900. The van der Waals surface area contributed by atoms with Crippen LogP contribution < -0.4 is 5.32 Å². The third kappa shape index (κ3) is 4.09. The highest BCUT2D eigenvalue weighted by Gasteiger charge is 2.27. The molecule has 0 aromatic heterocycles. The molecular weight excluding hydrogens is 186 g/mol. The lowest BCUT2D eigenvalue weighted by atomic mass is 10.1. The van der Waals surface area contributed by atoms with Crippen LogP contribution in [0.2, 0.25) is 0 Å². The van der Waals surface area contributed by atoms with Gasteiger partial charge in [0, 0.05) is 0 Å². The third-order valence-corrected chi connectivity index (χ3v) is 4.15. The van der Waals surface area contributed by atoms with Crippen LogP contribution in [0.3, 0.4) is 0 Å². The summed E-state index contributed by atoms with van der Waals surface area (Å²) in [4.78, 5) is 0. The first-order valence-corrected chi connectivity index (χ1v) is 6.73. The molecule has 78 valence electrons. The van der Waals surface area contributed by atoms with Gasteiger partial charge < -0.3 is 5.32 Å². The maximum Gasteiger partial charge on any atom is 0.150 e. The van der Waals surface area contributed by atoms with Crippen molar-refractivity contribution in [3.05, 3.63) is 0 Å². The average Bonchev–Trinajstić information content (AvgIpc) is 2.29. The number of nitrogens with one attached hydrogen (secondary N) is 1. The molecule has 4 heteroatoms. The quantitative estimate of drug-likeness (QED) is 0.733. The van der Waals surface area contributed by atoms with Gasteiger partial charge in [-0.1, -0.05) is 13.8 Å². The molecule has 0 aliphatic carbocycles. The molecule has 1 aliphatic rings. The van der Waals surface area contributed by atoms with E-state index in [1.165, 1.54) is 0 Å². The molecule has 1 saturated heterocycles. The minimum atomic E-state index is -2.69. The molecule has 0 spiro atoms. The number of hydrogen-bond acceptors (Lipinski definition) is 3. The Bertz CT molecular complexity index is 246. The van der Waals surface area contributed by atoms with Crippen molar-refractivity contribution in [3.63, 3.8) is 0 Å². The lowest BCUT2D eigenvalue weighted by Crippen LogP contribution is -2.26. The first-order chi connectivity index (χ1) is 5.99. The minimum Gasteiger partial charge on any atom is -0.316 e. The molecule has 0 saturated carbocycles. The van der Waals surface area contributed by atoms with Gasteiger partial charge in [-0.3, -0.25) is 0 Å². The lowest BCUT2D eigenvalue weighted by Gasteiger charge is -2.10. The maximum atomic E-state index is 11.1. The fourth-order valence-corrected chi connectivity index (χ4v) is 3.47. The van der Waals surface area contributed by atoms with Crippen molar-refractivity contribution < 1.29 is 8.42 Å². The summed E-state index contributed by atoms with van der Waals surface area (Å²) in [7, 11) is -2.69. The second-order valence-electron chi connectivity index (χ2n) is 4.32. The Morgan fingerprint density at radius 2 is 2.15 bits per heavy atom. The van der Waals surface area contributed by atoms with Crippen molar-refractivity contribution in [2.45, 2.75) is 20.3 Å². The fraction of sp³-hybridized carbons (Fsp3) is 1.00. The van der Waals surface area contributed by atoms with E-state index in [9.17, 15) is 8.42 Å². The van der Waals surface area contributed by atoms with E-state index in [0.29, 0.717) is 23.3 Å². The van der Waals surface area contributed by atoms with Gasteiger partial charge in [0.05, 0.1) is 11.5 Å². The summed E-state index contributed by atoms with van der Waals surface area (Å²) >= 11 is 0. The summed E-state index contributed by atoms with van der Waals surface area (Å²) in [5.41, 5.74) is 0. The van der Waals surface area contributed by atoms with Crippen LogP contribution >= 0.6 is 0 Å². The van der Waals surface area contributed by atoms with Gasteiger partial charge in [0.25, 0.3) is 0 Å². The van der Waals surface area contributed by atoms with Crippen LogP contribution in [0.5, 0.6) is 0 Å². The molecule has 0 bridgehead atoms. The van der Waals surface area contributed by atoms with Crippen LogP contribution in [0, 0.1) is 11.8 Å². The first kappa shape index (κ1) is 11.0. The molecule has 1 heterocycles. The molecule has 0 aromatic rings. The summed E-state index contributed by atoms with van der Waals surface area (Å²) in [6.07, 6.45) is 0.841. The van der Waals surface area contributed by atoms with Crippen molar-refractivity contribution >= 4 is 9.84 Å². The molecule has 0 aromatic carbocycles. The Labute approximate surface area is 80.8 Å². The fourth-order valence-electron chi connectivity index (χ4n) is 1.61. The Morgan fingerprint density at radius 1 is 1.46 bits per heavy atom. The number of rotatable bonds is 4. The SMILES string of the molecule is CC(C)CNCC1CCS(=O)(=O)C1. The summed E-state index contributed by atoms with van der Waals surface area (Å²) in [6, 6.07) is 0. The Kier molecular flexibility index (Phi) is 3.74. The van der Waals surface area contributed by atoms with Gasteiger partial charge in [-0.2, -0.15) is 0 Å². The monoisotopic (exact) mass is 205 g/mol. The summed E-state index contributed by atoms with van der Waals surface area (Å²) in [5, 5.41) is 3.30. The van der Waals surface area contributed by atoms with Crippen LogP contribution in [0.25, 0.3) is 0 Å². The molecule has 1 aliphatic heterocycles. The minimum absolute atomic E-state index is 0.351. The van der Waals surface area contributed by atoms with Crippen LogP contribution in [-0.4, -0.2) is 33.0 Å². The van der Waals surface area contributed by atoms with E-state index in [1.54, 1.807) is 0 Å². The van der Waals surface area contributed by atoms with Gasteiger partial charge in [-0.15, -0.1) is 0 Å². The van der Waals surface area contributed by atoms with E-state index >= 15 is 0 Å². The molecule has 1 fully saturated rings. The van der Waals surface area contributed by atoms with Crippen molar-refractivity contribution in [2.75, 3.05) is 24.6 Å². The van der Waals surface area contributed by atoms with E-state index in [2.05, 4.69) is 19.2 Å². The van der Waals surface area contributed by atoms with E-state index < -0.39 is 9.84 Å². The third-order valence-electron chi connectivity index (χ3n) is 2.31. The summed E-state index contributed by atoms with van der Waals surface area (Å²) in [6.45, 7) is 6.14. The first-order valence-electron chi connectivity index (χ1n) is 4.91. The van der Waals surface area contributed by atoms with E-state index in [0.717, 1.165) is 19.5 Å². The zero-order valence-corrected chi connectivity index (χ0v) is 9.23. The van der Waals surface area contributed by atoms with Crippen molar-refractivity contribution in [1.29, 1.82) is 0 Å². The Balaban J connectivity index is 2.18. The topological polar surface area (TPSA) is 46.2 Å². The van der Waals surface area contributed by atoms with Gasteiger partial charge in [-0.05, 0) is 31.3 Å². The average molecular weight is 205 g/mol. The molecule has 1 atom stereocenters. The second kappa shape index (κ2) is 4.42. The van der Waals surface area contributed by atoms with Gasteiger partial charge in [-0.25, -0.2) is 8.42 Å². The maximum absolute atomic E-state index is 11.1. The Morgan fingerprint density at radius 3 is 2.62 bits per heavy atom. The predicted molar refractivity (Wildman–Crippen MR) is 54.5 cm³/mol. The molecule has 0 amide bonds. The number of sulfone groups is 1. The van der Waals surface area contributed by atoms with E-state index in [4.69, 9.17) is 0 Å². The summed E-state index contributed by atoms with van der Waals surface area (Å²) < 4.78 is 22.2. The van der Waals surface area contributed by atoms with Crippen LogP contribution in [0.4, 0.5) is 0 Å². The number of hydrogen-bond donors (Lipinski definition) is 1. The molecule has 1 unspecified atom stereocenters. The highest BCUT2D eigenvalue weighted by atomic mass is 32.2. The van der Waals surface area contributed by atoms with Crippen molar-refractivity contribution in [3.8, 4) is 0 Å². The zero-order chi connectivity index (χ0) is 9.90. The van der Waals surface area contributed by atoms with Crippen LogP contribution in [0.1, 0.15) is 20.3 Å². The van der Waals surface area contributed by atoms with Crippen molar-refractivity contribution in [2.24, 2.45) is 11.8 Å². The van der Waals surface area contributed by atoms with Gasteiger partial charge in [0.1, 0.15) is 0 Å². The van der Waals surface area contributed by atoms with E-state index in [1.807, 2.05) is 0 Å². The molecule has 3 nitrogen and oxygen atoms in total. The summed E-state index contributed by atoms with van der Waals surface area (Å²) in [5.74, 6) is 1.76. The predicted octanol–water partition coefficient (Wildman–Crippen LogP) is 0.667. The zero-order valence-electron chi connectivity index (χ0n) is 8.41. The van der Waals surface area contributed by atoms with Crippen LogP contribution in [-0.2, 0) is 9.84 Å². The molecule has 13 heavy (non-hydrogen) atoms. The highest BCUT2D eigenvalue weighted by Crippen LogP contribution is 2.17. The normalized spacial score (nSPS) is 26.8. The molecular formula is C9H19NO2S. The lowest BCUT2D eigenvalue weighted by molar-refractivity contribution is 0.480. The van der Waals surface area contributed by atoms with Crippen molar-refractivity contribution in [1.82, 2.24) is 5.32 Å². The molecule has 1 rings (SSSR count). The molecule has 0 radical (unpaired) electrons. The van der Waals surface area contributed by atoms with Gasteiger partial charge >= 0.3 is 0 Å². The van der Waals surface area contributed by atoms with Gasteiger partial charge in [0.2, 0.25) is 0 Å².